The Morgan fingerprint density at radius 3 is 2.45 bits per heavy atom. The number of aromatic amines is 1. The van der Waals surface area contributed by atoms with Crippen LogP contribution in [0.4, 0.5) is 5.82 Å². The molecule has 0 saturated carbocycles. The summed E-state index contributed by atoms with van der Waals surface area (Å²) in [5, 5.41) is 7.45. The van der Waals surface area contributed by atoms with Crippen LogP contribution in [0.3, 0.4) is 0 Å². The molecule has 0 bridgehead atoms. The van der Waals surface area contributed by atoms with Crippen LogP contribution < -0.4 is 20.3 Å². The Kier molecular flexibility index (Phi) is 5.14. The predicted octanol–water partition coefficient (Wildman–Crippen LogP) is 3.10. The first-order chi connectivity index (χ1) is 16.0. The molecular weight excluding hydrogens is 422 g/mol. The molecule has 0 fully saturated rings. The normalized spacial score (nSPS) is 16.9. The molecule has 3 heterocycles. The monoisotopic (exact) mass is 443 g/mol. The summed E-state index contributed by atoms with van der Waals surface area (Å²) in [4.78, 5) is 32.3. The molecule has 9 heteroatoms. The third-order valence-electron chi connectivity index (χ3n) is 5.19. The van der Waals surface area contributed by atoms with Gasteiger partial charge in [-0.25, -0.2) is 4.98 Å². The van der Waals surface area contributed by atoms with Crippen LogP contribution in [0, 0.1) is 6.92 Å². The van der Waals surface area contributed by atoms with Crippen molar-refractivity contribution in [2.75, 3.05) is 5.32 Å². The number of fused-ring (bicyclic) bond motifs is 1. The van der Waals surface area contributed by atoms with Gasteiger partial charge in [-0.3, -0.25) is 14.6 Å². The minimum absolute atomic E-state index is 0.191. The summed E-state index contributed by atoms with van der Waals surface area (Å²) in [5.74, 6) is 1.21. The zero-order valence-corrected chi connectivity index (χ0v) is 18.0. The molecule has 2 N–H and O–H groups in total. The average molecular weight is 443 g/mol. The van der Waals surface area contributed by atoms with E-state index >= 15 is 0 Å². The summed E-state index contributed by atoms with van der Waals surface area (Å²) in [6.07, 6.45) is -1.39. The lowest BCUT2D eigenvalue weighted by Gasteiger charge is -2.30. The van der Waals surface area contributed by atoms with Crippen molar-refractivity contribution in [1.82, 2.24) is 19.7 Å². The van der Waals surface area contributed by atoms with Crippen LogP contribution in [-0.4, -0.2) is 37.9 Å². The number of ether oxygens (including phenoxy) is 2. The minimum atomic E-state index is -0.882. The highest BCUT2D eigenvalue weighted by Crippen LogP contribution is 2.34. The number of rotatable bonds is 4. The number of carbonyl (C=O) groups excluding carboxylic acids is 1. The fraction of sp³-hybridized carbons (Fsp3) is 0.167. The standard InChI is InChI=1S/C24H21N5O4/c1-14-12-21(30)27-24(25-14)29-20(13-17(28-29)16-8-4-3-5-9-16)26-23(31)22-15(2)32-18-10-6-7-11-19(18)33-22/h3-13,15,22H,1-2H3,(H,26,31)(H,25,27,30). The van der Waals surface area contributed by atoms with Crippen molar-refractivity contribution in [2.24, 2.45) is 0 Å². The van der Waals surface area contributed by atoms with E-state index < -0.39 is 18.1 Å². The van der Waals surface area contributed by atoms with Crippen molar-refractivity contribution in [3.8, 4) is 28.7 Å². The van der Waals surface area contributed by atoms with E-state index in [1.165, 1.54) is 10.7 Å². The number of hydrogen-bond donors (Lipinski definition) is 2. The molecule has 0 spiro atoms. The lowest BCUT2D eigenvalue weighted by molar-refractivity contribution is -0.128. The first-order valence-corrected chi connectivity index (χ1v) is 10.4. The molecule has 2 aromatic heterocycles. The summed E-state index contributed by atoms with van der Waals surface area (Å²) in [7, 11) is 0. The molecule has 2 unspecified atom stereocenters. The van der Waals surface area contributed by atoms with Crippen LogP contribution in [0.5, 0.6) is 11.5 Å². The highest BCUT2D eigenvalue weighted by atomic mass is 16.6. The van der Waals surface area contributed by atoms with Gasteiger partial charge < -0.3 is 14.8 Å². The zero-order valence-electron chi connectivity index (χ0n) is 18.0. The maximum Gasteiger partial charge on any atom is 0.270 e. The van der Waals surface area contributed by atoms with Gasteiger partial charge in [0.25, 0.3) is 11.5 Å². The number of benzene rings is 2. The first-order valence-electron chi connectivity index (χ1n) is 10.4. The Hall–Kier alpha value is -4.40. The molecule has 2 aromatic carbocycles. The molecule has 1 aliphatic rings. The van der Waals surface area contributed by atoms with Crippen LogP contribution in [0.15, 0.2) is 71.5 Å². The van der Waals surface area contributed by atoms with Gasteiger partial charge >= 0.3 is 0 Å². The third kappa shape index (κ3) is 4.08. The number of hydrogen-bond acceptors (Lipinski definition) is 6. The smallest absolute Gasteiger partial charge is 0.270 e. The molecule has 2 atom stereocenters. The van der Waals surface area contributed by atoms with E-state index in [0.29, 0.717) is 28.7 Å². The summed E-state index contributed by atoms with van der Waals surface area (Å²) in [5.41, 5.74) is 1.66. The third-order valence-corrected chi connectivity index (χ3v) is 5.19. The molecule has 33 heavy (non-hydrogen) atoms. The van der Waals surface area contributed by atoms with E-state index in [1.807, 2.05) is 42.5 Å². The van der Waals surface area contributed by atoms with Gasteiger partial charge in [0.1, 0.15) is 11.9 Å². The van der Waals surface area contributed by atoms with Crippen LogP contribution in [0.25, 0.3) is 17.2 Å². The van der Waals surface area contributed by atoms with Gasteiger partial charge in [0.15, 0.2) is 11.5 Å². The number of anilines is 1. The van der Waals surface area contributed by atoms with Gasteiger partial charge in [0, 0.05) is 23.4 Å². The number of nitrogens with one attached hydrogen (secondary N) is 2. The summed E-state index contributed by atoms with van der Waals surface area (Å²) < 4.78 is 13.2. The van der Waals surface area contributed by atoms with Crippen molar-refractivity contribution in [1.29, 1.82) is 0 Å². The van der Waals surface area contributed by atoms with Crippen LogP contribution >= 0.6 is 0 Å². The lowest BCUT2D eigenvalue weighted by atomic mass is 10.1. The highest BCUT2D eigenvalue weighted by molar-refractivity contribution is 5.95. The molecule has 1 aliphatic heterocycles. The molecule has 5 rings (SSSR count). The van der Waals surface area contributed by atoms with E-state index in [0.717, 1.165) is 5.56 Å². The molecule has 9 nitrogen and oxygen atoms in total. The molecular formula is C24H21N5O4. The summed E-state index contributed by atoms with van der Waals surface area (Å²) in [6.45, 7) is 3.48. The fourth-order valence-corrected chi connectivity index (χ4v) is 3.65. The van der Waals surface area contributed by atoms with Gasteiger partial charge in [-0.2, -0.15) is 9.78 Å². The Morgan fingerprint density at radius 1 is 1.03 bits per heavy atom. The highest BCUT2D eigenvalue weighted by Gasteiger charge is 2.34. The van der Waals surface area contributed by atoms with Crippen LogP contribution in [0.2, 0.25) is 0 Å². The number of para-hydroxylation sites is 2. The average Bonchev–Trinajstić information content (AvgIpc) is 3.22. The second-order valence-corrected chi connectivity index (χ2v) is 7.70. The van der Waals surface area contributed by atoms with Crippen LogP contribution in [0.1, 0.15) is 12.6 Å². The number of aryl methyl sites for hydroxylation is 1. The summed E-state index contributed by atoms with van der Waals surface area (Å²) >= 11 is 0. The van der Waals surface area contributed by atoms with Gasteiger partial charge in [-0.15, -0.1) is 0 Å². The maximum absolute atomic E-state index is 13.2. The molecule has 1 amide bonds. The Labute approximate surface area is 189 Å². The number of H-pyrrole nitrogens is 1. The van der Waals surface area contributed by atoms with E-state index in [9.17, 15) is 9.59 Å². The number of nitrogens with zero attached hydrogens (tertiary/aromatic N) is 3. The van der Waals surface area contributed by atoms with E-state index in [1.54, 1.807) is 32.0 Å². The van der Waals surface area contributed by atoms with Gasteiger partial charge in [0.2, 0.25) is 12.1 Å². The Balaban J connectivity index is 1.51. The van der Waals surface area contributed by atoms with E-state index in [-0.39, 0.29) is 11.5 Å². The fourth-order valence-electron chi connectivity index (χ4n) is 3.65. The Morgan fingerprint density at radius 2 is 1.73 bits per heavy atom. The second-order valence-electron chi connectivity index (χ2n) is 7.70. The molecule has 0 saturated heterocycles. The van der Waals surface area contributed by atoms with E-state index in [2.05, 4.69) is 20.4 Å². The first kappa shape index (κ1) is 20.5. The quantitative estimate of drug-likeness (QED) is 0.501. The topological polar surface area (TPSA) is 111 Å². The molecule has 0 aliphatic carbocycles. The number of aromatic nitrogens is 4. The van der Waals surface area contributed by atoms with Crippen molar-refractivity contribution in [2.45, 2.75) is 26.1 Å². The molecule has 0 radical (unpaired) electrons. The van der Waals surface area contributed by atoms with Gasteiger partial charge in [0.05, 0.1) is 5.69 Å². The second kappa shape index (κ2) is 8.27. The number of carbonyl (C=O) groups is 1. The lowest BCUT2D eigenvalue weighted by Crippen LogP contribution is -2.46. The van der Waals surface area contributed by atoms with Crippen molar-refractivity contribution in [3.63, 3.8) is 0 Å². The molecule has 166 valence electrons. The minimum Gasteiger partial charge on any atom is -0.482 e. The van der Waals surface area contributed by atoms with Crippen molar-refractivity contribution >= 4 is 11.7 Å². The SMILES string of the molecule is Cc1cc(=O)[nH]c(-n2nc(-c3ccccc3)cc2NC(=O)C2Oc3ccccc3OC2C)n1. The van der Waals surface area contributed by atoms with Crippen LogP contribution in [-0.2, 0) is 4.79 Å². The Bertz CT molecular complexity index is 1380. The van der Waals surface area contributed by atoms with Gasteiger partial charge in [-0.1, -0.05) is 42.5 Å². The van der Waals surface area contributed by atoms with Crippen molar-refractivity contribution in [3.05, 3.63) is 82.8 Å². The largest absolute Gasteiger partial charge is 0.482 e. The number of amides is 1. The zero-order chi connectivity index (χ0) is 22.9. The van der Waals surface area contributed by atoms with Gasteiger partial charge in [-0.05, 0) is 26.0 Å². The van der Waals surface area contributed by atoms with E-state index in [4.69, 9.17) is 9.47 Å². The molecule has 4 aromatic rings. The maximum atomic E-state index is 13.2. The predicted molar refractivity (Wildman–Crippen MR) is 122 cm³/mol. The van der Waals surface area contributed by atoms with Crippen molar-refractivity contribution < 1.29 is 14.3 Å². The summed E-state index contributed by atoms with van der Waals surface area (Å²) in [6, 6.07) is 19.8.